The summed E-state index contributed by atoms with van der Waals surface area (Å²) in [5.41, 5.74) is 7.61. The van der Waals surface area contributed by atoms with Crippen LogP contribution in [0.2, 0.25) is 0 Å². The van der Waals surface area contributed by atoms with Crippen LogP contribution in [0.5, 0.6) is 0 Å². The summed E-state index contributed by atoms with van der Waals surface area (Å²) in [6.07, 6.45) is 0.424. The molecule has 3 nitrogen and oxygen atoms in total. The number of nitrogens with two attached hydrogens (primary N) is 1. The third-order valence-electron chi connectivity index (χ3n) is 3.75. The number of rotatable bonds is 5. The van der Waals surface area contributed by atoms with Gasteiger partial charge in [-0.3, -0.25) is 4.79 Å². The fraction of sp³-hybridized carbons (Fsp3) is 0.235. The van der Waals surface area contributed by atoms with Gasteiger partial charge >= 0.3 is 5.97 Å². The molecular weight excluding hydrogens is 250 g/mol. The van der Waals surface area contributed by atoms with E-state index in [0.29, 0.717) is 13.0 Å². The maximum Gasteiger partial charge on any atom is 0.313 e. The van der Waals surface area contributed by atoms with Crippen molar-refractivity contribution in [2.24, 2.45) is 5.73 Å². The summed E-state index contributed by atoms with van der Waals surface area (Å²) < 4.78 is 0. The molecule has 0 aromatic heterocycles. The Labute approximate surface area is 119 Å². The molecular formula is C17H19NO2. The van der Waals surface area contributed by atoms with Crippen LogP contribution in [0, 0.1) is 0 Å². The molecule has 0 aliphatic rings. The molecule has 0 saturated heterocycles. The number of hydrogen-bond acceptors (Lipinski definition) is 2. The molecule has 1 unspecified atom stereocenters. The monoisotopic (exact) mass is 269 g/mol. The van der Waals surface area contributed by atoms with E-state index in [9.17, 15) is 9.90 Å². The number of aliphatic carboxylic acids is 1. The minimum absolute atomic E-state index is 0.350. The van der Waals surface area contributed by atoms with Crippen molar-refractivity contribution in [2.45, 2.75) is 18.8 Å². The summed E-state index contributed by atoms with van der Waals surface area (Å²) >= 11 is 0. The third kappa shape index (κ3) is 2.73. The van der Waals surface area contributed by atoms with Crippen LogP contribution >= 0.6 is 0 Å². The summed E-state index contributed by atoms with van der Waals surface area (Å²) in [7, 11) is 0. The Hall–Kier alpha value is -2.13. The van der Waals surface area contributed by atoms with Crippen molar-refractivity contribution in [1.29, 1.82) is 0 Å². The maximum absolute atomic E-state index is 11.5. The Kier molecular flexibility index (Phi) is 4.20. The lowest BCUT2D eigenvalue weighted by Crippen LogP contribution is -2.34. The number of carboxylic acids is 1. The third-order valence-corrected chi connectivity index (χ3v) is 3.75. The van der Waals surface area contributed by atoms with Crippen molar-refractivity contribution in [3.8, 4) is 11.1 Å². The number of benzene rings is 2. The molecule has 0 aliphatic heterocycles. The predicted octanol–water partition coefficient (Wildman–Crippen LogP) is 3.04. The number of carboxylic acid groups (broad SMARTS) is 1. The van der Waals surface area contributed by atoms with Crippen LogP contribution in [0.25, 0.3) is 11.1 Å². The highest BCUT2D eigenvalue weighted by Gasteiger charge is 2.34. The SMILES string of the molecule is CC(CCN)(C(=O)O)c1ccc(-c2ccccc2)cc1. The highest BCUT2D eigenvalue weighted by atomic mass is 16.4. The van der Waals surface area contributed by atoms with Crippen LogP contribution in [0.4, 0.5) is 0 Å². The Morgan fingerprint density at radius 3 is 2.10 bits per heavy atom. The van der Waals surface area contributed by atoms with E-state index >= 15 is 0 Å². The molecule has 0 saturated carbocycles. The van der Waals surface area contributed by atoms with Crippen LogP contribution in [-0.2, 0) is 10.2 Å². The van der Waals surface area contributed by atoms with E-state index in [1.165, 1.54) is 0 Å². The van der Waals surface area contributed by atoms with E-state index in [0.717, 1.165) is 16.7 Å². The van der Waals surface area contributed by atoms with Gasteiger partial charge in [0.2, 0.25) is 0 Å². The average Bonchev–Trinajstić information content (AvgIpc) is 2.48. The second-order valence-electron chi connectivity index (χ2n) is 5.12. The zero-order valence-corrected chi connectivity index (χ0v) is 11.5. The molecule has 2 aromatic rings. The van der Waals surface area contributed by atoms with Crippen molar-refractivity contribution in [3.63, 3.8) is 0 Å². The van der Waals surface area contributed by atoms with Gasteiger partial charge in [0, 0.05) is 0 Å². The van der Waals surface area contributed by atoms with E-state index in [1.807, 2.05) is 54.6 Å². The first-order valence-corrected chi connectivity index (χ1v) is 6.67. The summed E-state index contributed by atoms with van der Waals surface area (Å²) in [5.74, 6) is -0.838. The molecule has 104 valence electrons. The van der Waals surface area contributed by atoms with Crippen LogP contribution in [0.3, 0.4) is 0 Å². The molecule has 0 radical (unpaired) electrons. The van der Waals surface area contributed by atoms with Crippen molar-refractivity contribution < 1.29 is 9.90 Å². The average molecular weight is 269 g/mol. The molecule has 3 heteroatoms. The molecule has 0 bridgehead atoms. The second-order valence-corrected chi connectivity index (χ2v) is 5.12. The summed E-state index contributed by atoms with van der Waals surface area (Å²) in [4.78, 5) is 11.5. The van der Waals surface area contributed by atoms with Crippen molar-refractivity contribution >= 4 is 5.97 Å². The Bertz CT molecular complexity index is 578. The smallest absolute Gasteiger partial charge is 0.313 e. The largest absolute Gasteiger partial charge is 0.481 e. The number of carbonyl (C=O) groups is 1. The second kappa shape index (κ2) is 5.88. The Morgan fingerprint density at radius 1 is 1.05 bits per heavy atom. The van der Waals surface area contributed by atoms with Gasteiger partial charge in [0.1, 0.15) is 0 Å². The number of hydrogen-bond donors (Lipinski definition) is 2. The fourth-order valence-corrected chi connectivity index (χ4v) is 2.32. The van der Waals surface area contributed by atoms with Crippen LogP contribution in [0.1, 0.15) is 18.9 Å². The lowest BCUT2D eigenvalue weighted by molar-refractivity contribution is -0.143. The molecule has 0 amide bonds. The molecule has 0 aliphatic carbocycles. The van der Waals surface area contributed by atoms with Gasteiger partial charge in [0.25, 0.3) is 0 Å². The zero-order chi connectivity index (χ0) is 14.6. The highest BCUT2D eigenvalue weighted by molar-refractivity contribution is 5.81. The normalized spacial score (nSPS) is 13.7. The summed E-state index contributed by atoms with van der Waals surface area (Å²) in [6, 6.07) is 17.7. The van der Waals surface area contributed by atoms with Gasteiger partial charge in [0.05, 0.1) is 5.41 Å². The molecule has 20 heavy (non-hydrogen) atoms. The minimum Gasteiger partial charge on any atom is -0.481 e. The van der Waals surface area contributed by atoms with Gasteiger partial charge in [-0.25, -0.2) is 0 Å². The zero-order valence-electron chi connectivity index (χ0n) is 11.5. The lowest BCUT2D eigenvalue weighted by atomic mass is 9.79. The maximum atomic E-state index is 11.5. The van der Waals surface area contributed by atoms with E-state index in [1.54, 1.807) is 6.92 Å². The van der Waals surface area contributed by atoms with Gasteiger partial charge in [0.15, 0.2) is 0 Å². The molecule has 2 aromatic carbocycles. The molecule has 0 heterocycles. The standard InChI is InChI=1S/C17H19NO2/c1-17(11-12-18,16(19)20)15-9-7-14(8-10-15)13-5-3-2-4-6-13/h2-10H,11-12,18H2,1H3,(H,19,20). The Morgan fingerprint density at radius 2 is 1.60 bits per heavy atom. The van der Waals surface area contributed by atoms with Gasteiger partial charge < -0.3 is 10.8 Å². The van der Waals surface area contributed by atoms with Gasteiger partial charge in [-0.2, -0.15) is 0 Å². The lowest BCUT2D eigenvalue weighted by Gasteiger charge is -2.25. The van der Waals surface area contributed by atoms with Gasteiger partial charge in [-0.1, -0.05) is 54.6 Å². The van der Waals surface area contributed by atoms with Crippen LogP contribution in [0.15, 0.2) is 54.6 Å². The first-order chi connectivity index (χ1) is 9.58. The first kappa shape index (κ1) is 14.3. The fourth-order valence-electron chi connectivity index (χ4n) is 2.32. The molecule has 0 spiro atoms. The first-order valence-electron chi connectivity index (χ1n) is 6.67. The molecule has 2 rings (SSSR count). The summed E-state index contributed by atoms with van der Waals surface area (Å²) in [5, 5.41) is 9.45. The van der Waals surface area contributed by atoms with Crippen molar-refractivity contribution in [1.82, 2.24) is 0 Å². The van der Waals surface area contributed by atoms with Gasteiger partial charge in [-0.15, -0.1) is 0 Å². The minimum atomic E-state index is -0.927. The molecule has 1 atom stereocenters. The van der Waals surface area contributed by atoms with Gasteiger partial charge in [-0.05, 0) is 36.6 Å². The highest BCUT2D eigenvalue weighted by Crippen LogP contribution is 2.29. The van der Waals surface area contributed by atoms with E-state index in [4.69, 9.17) is 5.73 Å². The van der Waals surface area contributed by atoms with E-state index in [-0.39, 0.29) is 0 Å². The molecule has 3 N–H and O–H groups in total. The summed E-state index contributed by atoms with van der Waals surface area (Å²) in [6.45, 7) is 2.07. The topological polar surface area (TPSA) is 63.3 Å². The van der Waals surface area contributed by atoms with Crippen molar-refractivity contribution in [3.05, 3.63) is 60.2 Å². The van der Waals surface area contributed by atoms with Crippen LogP contribution < -0.4 is 5.73 Å². The quantitative estimate of drug-likeness (QED) is 0.877. The van der Waals surface area contributed by atoms with Crippen molar-refractivity contribution in [2.75, 3.05) is 6.54 Å². The van der Waals surface area contributed by atoms with E-state index in [2.05, 4.69) is 0 Å². The van der Waals surface area contributed by atoms with E-state index < -0.39 is 11.4 Å². The molecule has 0 fully saturated rings. The van der Waals surface area contributed by atoms with Crippen LogP contribution in [-0.4, -0.2) is 17.6 Å². The Balaban J connectivity index is 2.34. The predicted molar refractivity (Wildman–Crippen MR) is 80.5 cm³/mol.